The minimum Gasteiger partial charge on any atom is -0.486 e. The van der Waals surface area contributed by atoms with Gasteiger partial charge in [0.05, 0.1) is 5.69 Å². The Bertz CT molecular complexity index is 555. The van der Waals surface area contributed by atoms with Crippen molar-refractivity contribution in [2.75, 3.05) is 18.9 Å². The summed E-state index contributed by atoms with van der Waals surface area (Å²) < 4.78 is 11.0. The summed E-state index contributed by atoms with van der Waals surface area (Å²) in [7, 11) is 0. The van der Waals surface area contributed by atoms with Crippen LogP contribution in [-0.2, 0) is 0 Å². The molecule has 2 aromatic rings. The Morgan fingerprint density at radius 1 is 0.941 bits per heavy atom. The third kappa shape index (κ3) is 1.89. The maximum Gasteiger partial charge on any atom is 0.161 e. The van der Waals surface area contributed by atoms with Gasteiger partial charge < -0.3 is 15.2 Å². The third-order valence-corrected chi connectivity index (χ3v) is 2.63. The Morgan fingerprint density at radius 2 is 1.76 bits per heavy atom. The molecule has 0 saturated carbocycles. The number of rotatable bonds is 1. The van der Waals surface area contributed by atoms with Crippen LogP contribution >= 0.6 is 0 Å². The molecule has 1 aliphatic rings. The molecule has 1 aliphatic heterocycles. The molecular formula is C13H12N2O2. The molecule has 17 heavy (non-hydrogen) atoms. The number of pyridine rings is 1. The first-order valence-electron chi connectivity index (χ1n) is 5.43. The first-order chi connectivity index (χ1) is 8.33. The van der Waals surface area contributed by atoms with Crippen molar-refractivity contribution >= 4 is 5.69 Å². The fraction of sp³-hybridized carbons (Fsp3) is 0.154. The molecule has 1 aromatic heterocycles. The van der Waals surface area contributed by atoms with Gasteiger partial charge in [-0.15, -0.1) is 0 Å². The number of hydrogen-bond acceptors (Lipinski definition) is 4. The maximum atomic E-state index is 5.72. The lowest BCUT2D eigenvalue weighted by Crippen LogP contribution is -2.15. The maximum absolute atomic E-state index is 5.72. The van der Waals surface area contributed by atoms with Crippen LogP contribution in [0, 0.1) is 0 Å². The van der Waals surface area contributed by atoms with Crippen LogP contribution in [0.5, 0.6) is 11.5 Å². The van der Waals surface area contributed by atoms with Gasteiger partial charge in [0.25, 0.3) is 0 Å². The molecule has 0 bridgehead atoms. The average Bonchev–Trinajstić information content (AvgIpc) is 2.38. The second kappa shape index (κ2) is 3.97. The van der Waals surface area contributed by atoms with Crippen LogP contribution in [0.3, 0.4) is 0 Å². The van der Waals surface area contributed by atoms with Crippen molar-refractivity contribution in [3.8, 4) is 22.6 Å². The number of anilines is 1. The van der Waals surface area contributed by atoms with E-state index in [1.807, 2.05) is 24.3 Å². The molecule has 0 atom stereocenters. The van der Waals surface area contributed by atoms with Crippen LogP contribution in [0.25, 0.3) is 11.1 Å². The molecule has 0 radical (unpaired) electrons. The monoisotopic (exact) mass is 228 g/mol. The van der Waals surface area contributed by atoms with Gasteiger partial charge in [0.1, 0.15) is 13.2 Å². The van der Waals surface area contributed by atoms with Gasteiger partial charge in [-0.2, -0.15) is 0 Å². The summed E-state index contributed by atoms with van der Waals surface area (Å²) in [5.74, 6) is 1.56. The van der Waals surface area contributed by atoms with Gasteiger partial charge in [-0.1, -0.05) is 6.07 Å². The van der Waals surface area contributed by atoms with E-state index in [-0.39, 0.29) is 0 Å². The summed E-state index contributed by atoms with van der Waals surface area (Å²) >= 11 is 0. The number of nitrogens with zero attached hydrogens (tertiary/aromatic N) is 1. The molecule has 0 amide bonds. The molecule has 0 spiro atoms. The van der Waals surface area contributed by atoms with E-state index in [2.05, 4.69) is 4.98 Å². The number of aromatic nitrogens is 1. The molecule has 0 saturated heterocycles. The van der Waals surface area contributed by atoms with Crippen molar-refractivity contribution in [2.24, 2.45) is 0 Å². The number of hydrogen-bond donors (Lipinski definition) is 1. The van der Waals surface area contributed by atoms with Gasteiger partial charge in [-0.3, -0.25) is 4.98 Å². The minimum absolute atomic E-state index is 0.589. The summed E-state index contributed by atoms with van der Waals surface area (Å²) in [5, 5.41) is 0. The van der Waals surface area contributed by atoms with Crippen molar-refractivity contribution in [3.63, 3.8) is 0 Å². The SMILES string of the molecule is Nc1cncc(-c2ccc3c(c2)OCCO3)c1. The van der Waals surface area contributed by atoms with Crippen molar-refractivity contribution in [1.82, 2.24) is 4.98 Å². The number of benzene rings is 1. The Morgan fingerprint density at radius 3 is 2.59 bits per heavy atom. The second-order valence-electron chi connectivity index (χ2n) is 3.87. The molecule has 0 fully saturated rings. The number of fused-ring (bicyclic) bond motifs is 1. The molecule has 86 valence electrons. The van der Waals surface area contributed by atoms with Crippen LogP contribution in [-0.4, -0.2) is 18.2 Å². The van der Waals surface area contributed by atoms with Gasteiger partial charge in [0, 0.05) is 18.0 Å². The van der Waals surface area contributed by atoms with E-state index < -0.39 is 0 Å². The van der Waals surface area contributed by atoms with Gasteiger partial charge in [-0.25, -0.2) is 0 Å². The Hall–Kier alpha value is -2.23. The van der Waals surface area contributed by atoms with Gasteiger partial charge in [0.2, 0.25) is 0 Å². The van der Waals surface area contributed by atoms with E-state index >= 15 is 0 Å². The zero-order valence-electron chi connectivity index (χ0n) is 9.22. The lowest BCUT2D eigenvalue weighted by Gasteiger charge is -2.18. The second-order valence-corrected chi connectivity index (χ2v) is 3.87. The summed E-state index contributed by atoms with van der Waals surface area (Å²) in [6, 6.07) is 7.72. The Labute approximate surface area is 99.0 Å². The largest absolute Gasteiger partial charge is 0.486 e. The van der Waals surface area contributed by atoms with Crippen molar-refractivity contribution in [3.05, 3.63) is 36.7 Å². The Kier molecular flexibility index (Phi) is 2.33. The van der Waals surface area contributed by atoms with Crippen molar-refractivity contribution in [2.45, 2.75) is 0 Å². The van der Waals surface area contributed by atoms with Gasteiger partial charge in [-0.05, 0) is 23.8 Å². The number of nitrogens with two attached hydrogens (primary N) is 1. The highest BCUT2D eigenvalue weighted by atomic mass is 16.6. The van der Waals surface area contributed by atoms with Crippen LogP contribution in [0.4, 0.5) is 5.69 Å². The standard InChI is InChI=1S/C13H12N2O2/c14-11-5-10(7-15-8-11)9-1-2-12-13(6-9)17-4-3-16-12/h1-2,5-8H,3-4,14H2. The van der Waals surface area contributed by atoms with Crippen LogP contribution in [0.2, 0.25) is 0 Å². The lowest BCUT2D eigenvalue weighted by molar-refractivity contribution is 0.171. The number of ether oxygens (including phenoxy) is 2. The highest BCUT2D eigenvalue weighted by Gasteiger charge is 2.12. The molecule has 2 heterocycles. The normalized spacial score (nSPS) is 13.4. The Balaban J connectivity index is 2.04. The van der Waals surface area contributed by atoms with Crippen molar-refractivity contribution in [1.29, 1.82) is 0 Å². The van der Waals surface area contributed by atoms with E-state index in [9.17, 15) is 0 Å². The third-order valence-electron chi connectivity index (χ3n) is 2.63. The average molecular weight is 228 g/mol. The summed E-state index contributed by atoms with van der Waals surface area (Å²) in [6.45, 7) is 1.19. The summed E-state index contributed by atoms with van der Waals surface area (Å²) in [5.41, 5.74) is 8.36. The topological polar surface area (TPSA) is 57.4 Å². The predicted molar refractivity (Wildman–Crippen MR) is 65.1 cm³/mol. The quantitative estimate of drug-likeness (QED) is 0.812. The molecule has 4 heteroatoms. The molecule has 4 nitrogen and oxygen atoms in total. The highest BCUT2D eigenvalue weighted by Crippen LogP contribution is 2.34. The lowest BCUT2D eigenvalue weighted by atomic mass is 10.1. The molecule has 2 N–H and O–H groups in total. The zero-order chi connectivity index (χ0) is 11.7. The summed E-state index contributed by atoms with van der Waals surface area (Å²) in [6.07, 6.45) is 3.41. The van der Waals surface area contributed by atoms with E-state index in [0.29, 0.717) is 18.9 Å². The fourth-order valence-corrected chi connectivity index (χ4v) is 1.84. The highest BCUT2D eigenvalue weighted by molar-refractivity contribution is 5.69. The molecule has 0 unspecified atom stereocenters. The smallest absolute Gasteiger partial charge is 0.161 e. The molecular weight excluding hydrogens is 216 g/mol. The molecule has 3 rings (SSSR count). The van der Waals surface area contributed by atoms with Crippen molar-refractivity contribution < 1.29 is 9.47 Å². The first-order valence-corrected chi connectivity index (χ1v) is 5.43. The zero-order valence-corrected chi connectivity index (χ0v) is 9.22. The van der Waals surface area contributed by atoms with Crippen LogP contribution < -0.4 is 15.2 Å². The van der Waals surface area contributed by atoms with E-state index in [4.69, 9.17) is 15.2 Å². The van der Waals surface area contributed by atoms with E-state index in [1.54, 1.807) is 12.4 Å². The van der Waals surface area contributed by atoms with E-state index in [1.165, 1.54) is 0 Å². The molecule has 1 aromatic carbocycles. The van der Waals surface area contributed by atoms with Crippen LogP contribution in [0.1, 0.15) is 0 Å². The van der Waals surface area contributed by atoms with Crippen LogP contribution in [0.15, 0.2) is 36.7 Å². The first kappa shape index (κ1) is 9.96. The van der Waals surface area contributed by atoms with Gasteiger partial charge >= 0.3 is 0 Å². The number of nitrogen functional groups attached to an aromatic ring is 1. The van der Waals surface area contributed by atoms with Gasteiger partial charge in [0.15, 0.2) is 11.5 Å². The molecule has 0 aliphatic carbocycles. The van der Waals surface area contributed by atoms with E-state index in [0.717, 1.165) is 22.6 Å². The minimum atomic E-state index is 0.589. The fourth-order valence-electron chi connectivity index (χ4n) is 1.84. The predicted octanol–water partition coefficient (Wildman–Crippen LogP) is 2.10. The summed E-state index contributed by atoms with van der Waals surface area (Å²) in [4.78, 5) is 4.08.